The number of nitrogens with one attached hydrogen (secondary N) is 6. The molecule has 0 unspecified atom stereocenters. The molecule has 0 fully saturated rings. The summed E-state index contributed by atoms with van der Waals surface area (Å²) in [5.41, 5.74) is 18.9. The van der Waals surface area contributed by atoms with Crippen molar-refractivity contribution in [2.75, 3.05) is 37.1 Å². The van der Waals surface area contributed by atoms with Gasteiger partial charge in [0.1, 0.15) is 18.2 Å². The molecule has 9 rings (SSSR count). The molecule has 15 heteroatoms. The van der Waals surface area contributed by atoms with E-state index >= 15 is 0 Å². The van der Waals surface area contributed by atoms with Crippen LogP contribution in [0.15, 0.2) is 160 Å². The molecule has 426 valence electrons. The molecule has 6 aromatic carbocycles. The monoisotopic (exact) mass is 1100 g/mol. The Labute approximate surface area is 478 Å². The average molecular weight is 1100 g/mol. The third kappa shape index (κ3) is 18.4. The van der Waals surface area contributed by atoms with E-state index in [9.17, 15) is 14.4 Å². The fourth-order valence-corrected chi connectivity index (χ4v) is 8.15. The van der Waals surface area contributed by atoms with Crippen LogP contribution < -0.4 is 31.9 Å². The minimum Gasteiger partial charge on any atom is -0.388 e. The third-order valence-corrected chi connectivity index (χ3v) is 12.7. The number of aryl methyl sites for hydroxylation is 3. The average Bonchev–Trinajstić information content (AvgIpc) is 4.40. The van der Waals surface area contributed by atoms with Crippen LogP contribution in [0.1, 0.15) is 123 Å². The summed E-state index contributed by atoms with van der Waals surface area (Å²) in [5, 5.41) is 29.3. The first kappa shape index (κ1) is 64.3. The normalized spacial score (nSPS) is 9.96. The number of amides is 3. The van der Waals surface area contributed by atoms with Crippen molar-refractivity contribution >= 4 is 34.8 Å². The van der Waals surface area contributed by atoms with Gasteiger partial charge in [0, 0.05) is 79.1 Å². The van der Waals surface area contributed by atoms with Gasteiger partial charge in [-0.25, -0.2) is 0 Å². The van der Waals surface area contributed by atoms with Gasteiger partial charge in [0.2, 0.25) is 0 Å². The molecule has 0 saturated heterocycles. The van der Waals surface area contributed by atoms with Gasteiger partial charge in [-0.2, -0.15) is 0 Å². The molecule has 15 nitrogen and oxygen atoms in total. The number of rotatable bonds is 15. The molecule has 9 aromatic rings. The Morgan fingerprint density at radius 2 is 0.815 bits per heavy atom. The van der Waals surface area contributed by atoms with Crippen molar-refractivity contribution in [1.29, 1.82) is 0 Å². The molecule has 3 heterocycles. The van der Waals surface area contributed by atoms with Crippen molar-refractivity contribution in [3.05, 3.63) is 213 Å². The zero-order valence-corrected chi connectivity index (χ0v) is 49.8. The molecule has 0 aliphatic rings. The lowest BCUT2D eigenvalue weighted by Crippen LogP contribution is -2.24. The molecule has 0 bridgehead atoms. The van der Waals surface area contributed by atoms with Crippen LogP contribution in [0.2, 0.25) is 0 Å². The van der Waals surface area contributed by atoms with E-state index in [0.29, 0.717) is 47.8 Å². The second-order valence-corrected chi connectivity index (χ2v) is 18.0. The van der Waals surface area contributed by atoms with Crippen LogP contribution in [0.5, 0.6) is 0 Å². The van der Waals surface area contributed by atoms with Gasteiger partial charge in [0.25, 0.3) is 17.7 Å². The molecule has 0 radical (unpaired) electrons. The first-order valence-corrected chi connectivity index (χ1v) is 27.4. The molecule has 3 aromatic heterocycles. The van der Waals surface area contributed by atoms with Crippen LogP contribution in [0, 0.1) is 41.5 Å². The number of benzene rings is 6. The Hall–Kier alpha value is -9.24. The number of carbonyl (C=O) groups excluding carboxylic acids is 3. The first-order chi connectivity index (χ1) is 39.2. The van der Waals surface area contributed by atoms with Crippen molar-refractivity contribution in [3.63, 3.8) is 0 Å². The number of aromatic nitrogens is 3. The van der Waals surface area contributed by atoms with Gasteiger partial charge in [-0.05, 0) is 128 Å². The summed E-state index contributed by atoms with van der Waals surface area (Å²) >= 11 is 0. The van der Waals surface area contributed by atoms with Crippen molar-refractivity contribution in [3.8, 4) is 33.4 Å². The van der Waals surface area contributed by atoms with Gasteiger partial charge < -0.3 is 45.5 Å². The molecule has 0 atom stereocenters. The molecule has 0 aliphatic heterocycles. The molecule has 0 spiro atoms. The van der Waals surface area contributed by atoms with Gasteiger partial charge in [-0.3, -0.25) is 14.4 Å². The minimum atomic E-state index is -0.139. The third-order valence-electron chi connectivity index (χ3n) is 12.7. The predicted octanol–water partition coefficient (Wildman–Crippen LogP) is 14.9. The Morgan fingerprint density at radius 3 is 1.14 bits per heavy atom. The van der Waals surface area contributed by atoms with E-state index in [4.69, 9.17) is 13.6 Å². The molecule has 6 N–H and O–H groups in total. The van der Waals surface area contributed by atoms with E-state index in [2.05, 4.69) is 159 Å². The summed E-state index contributed by atoms with van der Waals surface area (Å²) in [5.74, 6) is 0.226. The summed E-state index contributed by atoms with van der Waals surface area (Å²) in [6, 6.07) is 40.3. The van der Waals surface area contributed by atoms with Crippen molar-refractivity contribution in [2.24, 2.45) is 0 Å². The van der Waals surface area contributed by atoms with Crippen LogP contribution in [0.25, 0.3) is 33.4 Å². The van der Waals surface area contributed by atoms with Crippen LogP contribution in [-0.2, 0) is 19.6 Å². The zero-order chi connectivity index (χ0) is 59.4. The minimum absolute atomic E-state index is 0.121. The van der Waals surface area contributed by atoms with E-state index in [1.807, 2.05) is 102 Å². The lowest BCUT2D eigenvalue weighted by molar-refractivity contribution is 0.0939. The molecule has 3 amide bonds. The van der Waals surface area contributed by atoms with Crippen LogP contribution in [-0.4, -0.2) is 54.3 Å². The summed E-state index contributed by atoms with van der Waals surface area (Å²) in [7, 11) is 5.58. The maximum atomic E-state index is 12.7. The highest BCUT2D eigenvalue weighted by atomic mass is 16.5. The van der Waals surface area contributed by atoms with Crippen LogP contribution >= 0.6 is 0 Å². The summed E-state index contributed by atoms with van der Waals surface area (Å²) < 4.78 is 14.6. The smallest absolute Gasteiger partial charge is 0.252 e. The van der Waals surface area contributed by atoms with Crippen molar-refractivity contribution in [1.82, 2.24) is 31.4 Å². The summed E-state index contributed by atoms with van der Waals surface area (Å²) in [4.78, 5) is 38.0. The second-order valence-electron chi connectivity index (χ2n) is 18.0. The highest BCUT2D eigenvalue weighted by Crippen LogP contribution is 2.32. The highest BCUT2D eigenvalue weighted by Gasteiger charge is 2.18. The standard InChI is InChI=1S/3C20H21N3O2.3C2H6/c1-13-4-6-16(7-5-13)17-8-18(14(2)19(9-17)21-3)20(24)22-10-15-11-23-25-12-15;1-13-4-6-15(7-5-13)16-10-18(14(2)19(11-16)21-3)20(24)22-12-17-8-9-25-23-17;1-13-4-6-15(7-5-13)16-10-18(14(2)19(11-16)21-3)20(24)22-12-17-8-9-23-25-17;3*1-2/h4-9,11-12,21H,10H2,1-3H3,(H,22,24);2*4-11,21H,12H2,1-3H3,(H,22,24);3*1-2H3. The molecule has 0 aliphatic carbocycles. The number of anilines is 3. The van der Waals surface area contributed by atoms with Gasteiger partial charge in [0.05, 0.1) is 25.5 Å². The van der Waals surface area contributed by atoms with Crippen LogP contribution in [0.3, 0.4) is 0 Å². The number of hydrogen-bond donors (Lipinski definition) is 6. The number of carbonyl (C=O) groups is 3. The first-order valence-electron chi connectivity index (χ1n) is 27.4. The van der Waals surface area contributed by atoms with E-state index in [-0.39, 0.29) is 17.7 Å². The maximum absolute atomic E-state index is 12.7. The maximum Gasteiger partial charge on any atom is 0.252 e. The molecular formula is C66H81N9O6. The lowest BCUT2D eigenvalue weighted by Gasteiger charge is -2.14. The Morgan fingerprint density at radius 1 is 0.432 bits per heavy atom. The van der Waals surface area contributed by atoms with Gasteiger partial charge in [-0.1, -0.05) is 146 Å². The topological polar surface area (TPSA) is 201 Å². The van der Waals surface area contributed by atoms with Gasteiger partial charge >= 0.3 is 0 Å². The quantitative estimate of drug-likeness (QED) is 0.0568. The summed E-state index contributed by atoms with van der Waals surface area (Å²) in [6.45, 7) is 25.0. The largest absolute Gasteiger partial charge is 0.388 e. The van der Waals surface area contributed by atoms with Gasteiger partial charge in [-0.15, -0.1) is 0 Å². The Bertz CT molecular complexity index is 2960. The second kappa shape index (κ2) is 33.3. The molecule has 0 saturated carbocycles. The van der Waals surface area contributed by atoms with E-state index in [0.717, 1.165) is 72.7 Å². The zero-order valence-electron chi connectivity index (χ0n) is 49.8. The fourth-order valence-electron chi connectivity index (χ4n) is 8.15. The number of hydrogen-bond acceptors (Lipinski definition) is 12. The fraction of sp³-hybridized carbons (Fsp3) is 0.273. The van der Waals surface area contributed by atoms with Crippen molar-refractivity contribution in [2.45, 2.75) is 103 Å². The Kier molecular flexibility index (Phi) is 26.4. The molecular weight excluding hydrogens is 1010 g/mol. The SMILES string of the molecule is CC.CC.CC.CNc1cc(-c2ccc(C)cc2)cc(C(=O)NCc2ccno2)c1C.CNc1cc(-c2ccc(C)cc2)cc(C(=O)NCc2ccon2)c1C.CNc1cc(-c2ccc(C)cc2)cc(C(=O)NCc2cnoc2)c1C. The molecule has 81 heavy (non-hydrogen) atoms. The predicted molar refractivity (Wildman–Crippen MR) is 330 cm³/mol. The van der Waals surface area contributed by atoms with Crippen molar-refractivity contribution < 1.29 is 28.0 Å². The van der Waals surface area contributed by atoms with E-state index in [1.54, 1.807) is 24.5 Å². The highest BCUT2D eigenvalue weighted by molar-refractivity contribution is 6.00. The number of nitrogens with zero attached hydrogens (tertiary/aromatic N) is 3. The summed E-state index contributed by atoms with van der Waals surface area (Å²) in [6.07, 6.45) is 6.16. The lowest BCUT2D eigenvalue weighted by atomic mass is 9.97. The Balaban J connectivity index is 0.000000249. The van der Waals surface area contributed by atoms with E-state index in [1.165, 1.54) is 29.2 Å². The van der Waals surface area contributed by atoms with Gasteiger partial charge in [0.15, 0.2) is 5.76 Å². The van der Waals surface area contributed by atoms with Crippen LogP contribution in [0.4, 0.5) is 17.1 Å². The van der Waals surface area contributed by atoms with E-state index < -0.39 is 0 Å².